The first-order chi connectivity index (χ1) is 70.5. The highest BCUT2D eigenvalue weighted by molar-refractivity contribution is 7.91. The summed E-state index contributed by atoms with van der Waals surface area (Å²) in [4.78, 5) is 54.3. The SMILES string of the molecule is CCS(=O)(=O)CC1COCc2c(-c3ccc4c(cnn4C)c3)cncc21.CCS(=O)(=O)CC1COCc2c(-c3ccc4cnn(C)c4c3)cncc21.Cc1ncc2ccc(-c3cncc4c3COCC4O)cn12.Cn1ncc2ccc(-c3cncc4c3COCC4CS(C)(=O)=O)cc21.O=C1NCCc2cc(-c3cncc4c3COC3(CC3)C4O)ccc21.O=C1NCCc2cc(-c3cncc4c3COC3(CC3)C4O)ccc21. The maximum absolute atomic E-state index is 12.1. The lowest BCUT2D eigenvalue weighted by Gasteiger charge is -2.31. The molecule has 0 bridgehead atoms. The standard InChI is InChI=1S/2C19H21N3O3S.2C19H18N2O3.C18H19N3O3S.C16H15N3O2/c1-3-26(23,24)12-15-10-25-11-18-16(8-20-9-17(15)18)13-4-5-19-14(6-13)7-21-22(19)2;1-3-26(23,24)12-15-10-25-11-18-16(8-20-9-17(15)18)13-4-5-14-7-21-22(2)19(14)6-13;2*22-17-15-9-20-8-14(16(15)10-24-19(17)4-5-19)11-1-2-13-12(7-11)3-6-21-18(13)23;1-21-18-5-12(3-4-13(18)6-20-21)15-7-19-8-16-14(11-25(2,22)23)9-24-10-17(15)16;1-10-18-4-12-3-2-11(7-19(10)12)13-5-17-6-14-15(13)8-21-9-16(14)20/h2*4-9,15H,3,10-12H2,1-2H3;2*1-2,7-9,17,22H,3-6,10H2,(H,21,23);3-8,14H,9-11H2,1-2H3;2-7,16,20H,8-9H2,1H3. The van der Waals surface area contributed by atoms with E-state index >= 15 is 0 Å². The number of imidazole rings is 1. The van der Waals surface area contributed by atoms with Crippen LogP contribution in [0.4, 0.5) is 0 Å². The summed E-state index contributed by atoms with van der Waals surface area (Å²) in [6.45, 7) is 11.2. The van der Waals surface area contributed by atoms with E-state index < -0.39 is 47.8 Å². The smallest absolute Gasteiger partial charge is 0.251 e. The fraction of sp³-hybridized carbons (Fsp3) is 0.345. The number of fused-ring (bicyclic) bond motifs is 12. The molecule has 11 aromatic heterocycles. The second-order valence-electron chi connectivity index (χ2n) is 39.1. The number of aliphatic hydroxyl groups excluding tert-OH is 3. The quantitative estimate of drug-likeness (QED) is 0.0675. The van der Waals surface area contributed by atoms with E-state index in [4.69, 9.17) is 28.4 Å². The molecule has 10 aliphatic rings. The molecule has 2 spiro atoms. The van der Waals surface area contributed by atoms with E-state index in [2.05, 4.69) is 108 Å². The molecule has 2 saturated carbocycles. The topological polar surface area (TPSA) is 425 Å². The number of carbonyl (C=O) groups excluding carboxylic acids is 2. The largest absolute Gasteiger partial charge is 0.386 e. The van der Waals surface area contributed by atoms with Crippen LogP contribution >= 0.6 is 0 Å². The monoisotopic (exact) mass is 2020 g/mol. The number of nitrogens with one attached hydrogen (secondary N) is 2. The number of carbonyl (C=O) groups is 2. The maximum Gasteiger partial charge on any atom is 0.251 e. The Morgan fingerprint density at radius 3 is 1.18 bits per heavy atom. The van der Waals surface area contributed by atoms with Crippen LogP contribution in [-0.2, 0) is 132 Å². The lowest BCUT2D eigenvalue weighted by Crippen LogP contribution is -2.31. The van der Waals surface area contributed by atoms with Gasteiger partial charge in [-0.3, -0.25) is 53.5 Å². The Morgan fingerprint density at radius 1 is 0.384 bits per heavy atom. The molecule has 19 heterocycles. The van der Waals surface area contributed by atoms with Crippen molar-refractivity contribution in [3.05, 3.63) is 303 Å². The number of rotatable bonds is 14. The van der Waals surface area contributed by atoms with Gasteiger partial charge in [0.15, 0.2) is 19.7 Å². The van der Waals surface area contributed by atoms with Crippen LogP contribution in [0.2, 0.25) is 0 Å². The average Bonchev–Trinajstić information content (AvgIpc) is 1.58. The summed E-state index contributed by atoms with van der Waals surface area (Å²) in [7, 11) is -3.51. The van der Waals surface area contributed by atoms with E-state index in [1.165, 1.54) is 6.26 Å². The van der Waals surface area contributed by atoms with Crippen LogP contribution in [0, 0.1) is 6.92 Å². The molecule has 5 aromatic carbocycles. The Kier molecular flexibility index (Phi) is 27.3. The van der Waals surface area contributed by atoms with Gasteiger partial charge in [0, 0.05) is 233 Å². The molecule has 2 amide bonds. The van der Waals surface area contributed by atoms with Gasteiger partial charge >= 0.3 is 0 Å². The van der Waals surface area contributed by atoms with Gasteiger partial charge < -0.3 is 58.8 Å². The number of nitrogens with zero attached hydrogens (tertiary/aromatic N) is 14. The second kappa shape index (κ2) is 40.4. The number of hydrogen-bond donors (Lipinski definition) is 5. The van der Waals surface area contributed by atoms with E-state index in [1.807, 2.05) is 171 Å². The highest BCUT2D eigenvalue weighted by Crippen LogP contribution is 2.56. The van der Waals surface area contributed by atoms with Crippen LogP contribution in [-0.4, -0.2) is 207 Å². The molecular formula is C110H112N16O17S3. The zero-order valence-corrected chi connectivity index (χ0v) is 84.3. The third-order valence-electron chi connectivity index (χ3n) is 29.7. The van der Waals surface area contributed by atoms with Gasteiger partial charge in [-0.05, 0) is 177 Å². The Balaban J connectivity index is 0.000000103. The predicted octanol–water partition coefficient (Wildman–Crippen LogP) is 14.2. The molecule has 0 saturated heterocycles. The van der Waals surface area contributed by atoms with Crippen molar-refractivity contribution in [3.8, 4) is 66.8 Å². The molecule has 6 unspecified atom stereocenters. The lowest BCUT2D eigenvalue weighted by molar-refractivity contribution is -0.0827. The fourth-order valence-corrected chi connectivity index (χ4v) is 24.4. The fourth-order valence-electron chi connectivity index (χ4n) is 21.1. The number of aliphatic hydroxyl groups is 3. The number of pyridine rings is 7. The summed E-state index contributed by atoms with van der Waals surface area (Å²) in [5.74, 6) is 0.975. The second-order valence-corrected chi connectivity index (χ2v) is 46.1. The summed E-state index contributed by atoms with van der Waals surface area (Å²) in [6, 6.07) is 34.4. The van der Waals surface area contributed by atoms with Crippen LogP contribution in [0.15, 0.2) is 208 Å². The number of benzene rings is 5. The van der Waals surface area contributed by atoms with Gasteiger partial charge in [-0.25, -0.2) is 30.2 Å². The molecular weight excluding hydrogens is 1910 g/mol. The molecule has 2 aliphatic carbocycles. The van der Waals surface area contributed by atoms with Gasteiger partial charge in [0.25, 0.3) is 11.8 Å². The predicted molar refractivity (Wildman–Crippen MR) is 550 cm³/mol. The van der Waals surface area contributed by atoms with Crippen LogP contribution in [0.25, 0.3) is 105 Å². The maximum atomic E-state index is 12.1. The van der Waals surface area contributed by atoms with Crippen molar-refractivity contribution < 1.29 is 78.6 Å². The van der Waals surface area contributed by atoms with E-state index in [1.54, 1.807) is 51.0 Å². The molecule has 146 heavy (non-hydrogen) atoms. The number of hydrogen-bond acceptors (Lipinski definition) is 27. The van der Waals surface area contributed by atoms with Crippen molar-refractivity contribution in [2.45, 2.75) is 146 Å². The Labute approximate surface area is 844 Å². The van der Waals surface area contributed by atoms with E-state index in [9.17, 15) is 50.2 Å². The molecule has 26 rings (SSSR count). The Hall–Kier alpha value is -13.5. The van der Waals surface area contributed by atoms with Gasteiger partial charge in [-0.15, -0.1) is 0 Å². The van der Waals surface area contributed by atoms with Gasteiger partial charge in [0.05, 0.1) is 141 Å². The summed E-state index contributed by atoms with van der Waals surface area (Å²) in [5, 5.41) is 53.1. The zero-order chi connectivity index (χ0) is 101. The summed E-state index contributed by atoms with van der Waals surface area (Å²) in [5.41, 5.74) is 30.9. The van der Waals surface area contributed by atoms with Crippen molar-refractivity contribution >= 4 is 79.6 Å². The molecule has 0 radical (unpaired) electrons. The molecule has 33 nitrogen and oxygen atoms in total. The van der Waals surface area contributed by atoms with Gasteiger partial charge in [0.2, 0.25) is 0 Å². The zero-order valence-electron chi connectivity index (χ0n) is 81.9. The van der Waals surface area contributed by atoms with Crippen molar-refractivity contribution in [2.75, 3.05) is 74.5 Å². The Bertz CT molecular complexity index is 8040. The van der Waals surface area contributed by atoms with Gasteiger partial charge in [-0.2, -0.15) is 15.3 Å². The average molecular weight is 2030 g/mol. The van der Waals surface area contributed by atoms with Crippen molar-refractivity contribution in [2.24, 2.45) is 21.1 Å². The highest BCUT2D eigenvalue weighted by Gasteiger charge is 2.55. The third-order valence-corrected chi connectivity index (χ3v) is 34.3. The minimum atomic E-state index is -3.09. The van der Waals surface area contributed by atoms with Crippen LogP contribution in [0.1, 0.15) is 180 Å². The van der Waals surface area contributed by atoms with E-state index in [0.717, 1.165) is 238 Å². The molecule has 752 valence electrons. The molecule has 2 fully saturated rings. The van der Waals surface area contributed by atoms with Crippen LogP contribution in [0.5, 0.6) is 0 Å². The van der Waals surface area contributed by atoms with Crippen molar-refractivity contribution in [1.29, 1.82) is 0 Å². The Morgan fingerprint density at radius 2 is 0.747 bits per heavy atom. The van der Waals surface area contributed by atoms with Gasteiger partial charge in [-0.1, -0.05) is 74.5 Å². The van der Waals surface area contributed by atoms with E-state index in [0.29, 0.717) is 79.2 Å². The lowest BCUT2D eigenvalue weighted by atomic mass is 9.89. The van der Waals surface area contributed by atoms with Crippen LogP contribution in [0.3, 0.4) is 0 Å². The number of ether oxygens (including phenoxy) is 6. The molecule has 36 heteroatoms. The van der Waals surface area contributed by atoms with Crippen molar-refractivity contribution in [1.82, 2.24) is 79.3 Å². The normalized spacial score (nSPS) is 19.5. The minimum absolute atomic E-state index is 0.00885. The molecule has 8 aliphatic heterocycles. The van der Waals surface area contributed by atoms with Gasteiger partial charge in [0.1, 0.15) is 34.0 Å². The first kappa shape index (κ1) is 98.5. The summed E-state index contributed by atoms with van der Waals surface area (Å²) >= 11 is 0. The highest BCUT2D eigenvalue weighted by atomic mass is 32.2. The molecule has 6 atom stereocenters. The summed E-state index contributed by atoms with van der Waals surface area (Å²) < 4.78 is 114. The number of amides is 2. The first-order valence-corrected chi connectivity index (χ1v) is 54.7. The minimum Gasteiger partial charge on any atom is -0.386 e. The number of sulfone groups is 3. The van der Waals surface area contributed by atoms with Crippen LogP contribution < -0.4 is 10.6 Å². The summed E-state index contributed by atoms with van der Waals surface area (Å²) in [6.07, 6.45) is 35.8. The number of aryl methyl sites for hydroxylation is 4. The third kappa shape index (κ3) is 19.9. The first-order valence-electron chi connectivity index (χ1n) is 49.0. The van der Waals surface area contributed by atoms with Crippen molar-refractivity contribution in [3.63, 3.8) is 0 Å². The van der Waals surface area contributed by atoms with E-state index in [-0.39, 0.29) is 69.5 Å². The number of aromatic nitrogens is 14. The molecule has 16 aromatic rings. The molecule has 5 N–H and O–H groups in total.